The highest BCUT2D eigenvalue weighted by molar-refractivity contribution is 7.89. The predicted molar refractivity (Wildman–Crippen MR) is 89.2 cm³/mol. The summed E-state index contributed by atoms with van der Waals surface area (Å²) in [6, 6.07) is 3.90. The van der Waals surface area contributed by atoms with Gasteiger partial charge < -0.3 is 4.74 Å². The molecule has 1 aromatic rings. The molecule has 0 saturated heterocycles. The van der Waals surface area contributed by atoms with Gasteiger partial charge in [-0.15, -0.1) is 0 Å². The Morgan fingerprint density at radius 3 is 2.43 bits per heavy atom. The van der Waals surface area contributed by atoms with Gasteiger partial charge in [-0.05, 0) is 80.0 Å². The summed E-state index contributed by atoms with van der Waals surface area (Å²) in [5, 5.41) is 0. The van der Waals surface area contributed by atoms with Gasteiger partial charge in [0.05, 0.1) is 7.11 Å². The molecule has 1 N–H and O–H groups in total. The second-order valence-corrected chi connectivity index (χ2v) is 9.06. The number of aryl methyl sites for hydroxylation is 2. The first-order chi connectivity index (χ1) is 11.1. The molecule has 2 fully saturated rings. The molecule has 0 heterocycles. The summed E-state index contributed by atoms with van der Waals surface area (Å²) >= 11 is 0. The van der Waals surface area contributed by atoms with Crippen molar-refractivity contribution in [2.75, 3.05) is 7.11 Å². The first kappa shape index (κ1) is 15.5. The van der Waals surface area contributed by atoms with E-state index in [1.54, 1.807) is 7.11 Å². The van der Waals surface area contributed by atoms with Crippen molar-refractivity contribution < 1.29 is 13.2 Å². The number of hydrogen-bond donors (Lipinski definition) is 1. The van der Waals surface area contributed by atoms with Crippen molar-refractivity contribution in [3.63, 3.8) is 0 Å². The monoisotopic (exact) mass is 335 g/mol. The van der Waals surface area contributed by atoms with Crippen LogP contribution in [-0.2, 0) is 22.9 Å². The lowest BCUT2D eigenvalue weighted by Crippen LogP contribution is -2.38. The van der Waals surface area contributed by atoms with Crippen LogP contribution < -0.4 is 9.46 Å². The summed E-state index contributed by atoms with van der Waals surface area (Å²) in [7, 11) is -1.96. The van der Waals surface area contributed by atoms with Gasteiger partial charge in [-0.3, -0.25) is 0 Å². The number of nitrogens with one attached hydrogen (secondary N) is 1. The molecule has 0 aromatic heterocycles. The van der Waals surface area contributed by atoms with E-state index >= 15 is 0 Å². The topological polar surface area (TPSA) is 55.4 Å². The van der Waals surface area contributed by atoms with Crippen molar-refractivity contribution in [2.24, 2.45) is 11.8 Å². The number of benzene rings is 1. The van der Waals surface area contributed by atoms with Crippen LogP contribution >= 0.6 is 0 Å². The lowest BCUT2D eigenvalue weighted by molar-refractivity contribution is 0.385. The van der Waals surface area contributed by atoms with Crippen LogP contribution in [0.5, 0.6) is 5.75 Å². The van der Waals surface area contributed by atoms with Gasteiger partial charge in [0.15, 0.2) is 0 Å². The van der Waals surface area contributed by atoms with Crippen LogP contribution in [0.3, 0.4) is 0 Å². The molecule has 3 aliphatic carbocycles. The zero-order valence-electron chi connectivity index (χ0n) is 13.7. The van der Waals surface area contributed by atoms with E-state index in [1.165, 1.54) is 36.8 Å². The highest BCUT2D eigenvalue weighted by Gasteiger charge is 2.41. The normalized spacial score (nSPS) is 29.5. The molecule has 0 spiro atoms. The second kappa shape index (κ2) is 5.78. The van der Waals surface area contributed by atoms with E-state index in [4.69, 9.17) is 4.74 Å². The summed E-state index contributed by atoms with van der Waals surface area (Å²) in [4.78, 5) is 0.323. The number of ether oxygens (including phenoxy) is 1. The van der Waals surface area contributed by atoms with E-state index in [2.05, 4.69) is 4.72 Å². The van der Waals surface area contributed by atoms with Gasteiger partial charge in [-0.1, -0.05) is 6.42 Å². The van der Waals surface area contributed by atoms with Gasteiger partial charge in [0.1, 0.15) is 10.6 Å². The Balaban J connectivity index is 1.65. The Kier molecular flexibility index (Phi) is 3.88. The molecule has 2 saturated carbocycles. The number of rotatable bonds is 4. The summed E-state index contributed by atoms with van der Waals surface area (Å²) in [6.45, 7) is 0. The Morgan fingerprint density at radius 1 is 1.09 bits per heavy atom. The van der Waals surface area contributed by atoms with Gasteiger partial charge in [0.2, 0.25) is 10.0 Å². The van der Waals surface area contributed by atoms with Crippen molar-refractivity contribution in [1.29, 1.82) is 0 Å². The van der Waals surface area contributed by atoms with Gasteiger partial charge in [0, 0.05) is 6.04 Å². The molecule has 3 unspecified atom stereocenters. The maximum Gasteiger partial charge on any atom is 0.244 e. The average molecular weight is 335 g/mol. The smallest absolute Gasteiger partial charge is 0.244 e. The third kappa shape index (κ3) is 2.78. The van der Waals surface area contributed by atoms with E-state index in [-0.39, 0.29) is 6.04 Å². The summed E-state index contributed by atoms with van der Waals surface area (Å²) in [6.07, 6.45) is 8.92. The van der Waals surface area contributed by atoms with E-state index in [0.717, 1.165) is 31.6 Å². The number of methoxy groups -OCH3 is 1. The Bertz CT molecular complexity index is 713. The number of fused-ring (bicyclic) bond motifs is 3. The first-order valence-corrected chi connectivity index (χ1v) is 10.3. The molecule has 23 heavy (non-hydrogen) atoms. The molecule has 4 nitrogen and oxygen atoms in total. The van der Waals surface area contributed by atoms with Crippen molar-refractivity contribution in [2.45, 2.75) is 62.3 Å². The number of hydrogen-bond acceptors (Lipinski definition) is 3. The minimum absolute atomic E-state index is 0.111. The fourth-order valence-corrected chi connectivity index (χ4v) is 6.28. The fourth-order valence-electron chi connectivity index (χ4n) is 4.76. The molecule has 2 bridgehead atoms. The summed E-state index contributed by atoms with van der Waals surface area (Å²) < 4.78 is 34.3. The lowest BCUT2D eigenvalue weighted by atomic mass is 9.92. The molecule has 0 radical (unpaired) electrons. The maximum absolute atomic E-state index is 12.9. The fraction of sp³-hybridized carbons (Fsp3) is 0.667. The molecule has 3 atom stereocenters. The Labute approximate surface area is 138 Å². The van der Waals surface area contributed by atoms with Crippen molar-refractivity contribution in [3.05, 3.63) is 23.3 Å². The molecular weight excluding hydrogens is 310 g/mol. The van der Waals surface area contributed by atoms with Crippen LogP contribution in [0.15, 0.2) is 17.0 Å². The molecule has 126 valence electrons. The van der Waals surface area contributed by atoms with Crippen LogP contribution in [-0.4, -0.2) is 21.6 Å². The molecule has 0 aliphatic heterocycles. The first-order valence-electron chi connectivity index (χ1n) is 8.79. The Hall–Kier alpha value is -1.07. The van der Waals surface area contributed by atoms with Crippen molar-refractivity contribution in [3.8, 4) is 5.75 Å². The lowest BCUT2D eigenvalue weighted by Gasteiger charge is -2.24. The van der Waals surface area contributed by atoms with Crippen molar-refractivity contribution >= 4 is 10.0 Å². The van der Waals surface area contributed by atoms with E-state index < -0.39 is 10.0 Å². The van der Waals surface area contributed by atoms with Crippen LogP contribution in [0.25, 0.3) is 0 Å². The molecule has 3 aliphatic rings. The van der Waals surface area contributed by atoms with Crippen molar-refractivity contribution in [1.82, 2.24) is 4.72 Å². The van der Waals surface area contributed by atoms with E-state index in [1.807, 2.05) is 12.1 Å². The standard InChI is InChI=1S/C18H25NO3S/c1-22-17-10-13-4-2-3-5-14(13)11-18(17)23(20,21)19-16-9-12-6-7-15(16)8-12/h10-12,15-16,19H,2-9H2,1H3. The Morgan fingerprint density at radius 2 is 1.83 bits per heavy atom. The van der Waals surface area contributed by atoms with Crippen LogP contribution in [0.4, 0.5) is 0 Å². The minimum atomic E-state index is -3.52. The van der Waals surface area contributed by atoms with Gasteiger partial charge in [-0.2, -0.15) is 0 Å². The second-order valence-electron chi connectivity index (χ2n) is 7.38. The predicted octanol–water partition coefficient (Wildman–Crippen LogP) is 3.04. The SMILES string of the molecule is COc1cc2c(cc1S(=O)(=O)NC1CC3CCC1C3)CCCC2. The molecule has 1 aromatic carbocycles. The zero-order chi connectivity index (χ0) is 16.0. The van der Waals surface area contributed by atoms with Crippen LogP contribution in [0, 0.1) is 11.8 Å². The van der Waals surface area contributed by atoms with Crippen LogP contribution in [0.1, 0.15) is 49.7 Å². The quantitative estimate of drug-likeness (QED) is 0.920. The third-order valence-corrected chi connectivity index (χ3v) is 7.47. The average Bonchev–Trinajstić information content (AvgIpc) is 3.16. The molecular formula is C18H25NO3S. The summed E-state index contributed by atoms with van der Waals surface area (Å²) in [5.41, 5.74) is 2.41. The number of sulfonamides is 1. The zero-order valence-corrected chi connectivity index (χ0v) is 14.5. The maximum atomic E-state index is 12.9. The largest absolute Gasteiger partial charge is 0.495 e. The van der Waals surface area contributed by atoms with Gasteiger partial charge >= 0.3 is 0 Å². The van der Waals surface area contributed by atoms with Crippen LogP contribution in [0.2, 0.25) is 0 Å². The van der Waals surface area contributed by atoms with Gasteiger partial charge in [0.25, 0.3) is 0 Å². The minimum Gasteiger partial charge on any atom is -0.495 e. The third-order valence-electron chi connectivity index (χ3n) is 5.96. The van der Waals surface area contributed by atoms with E-state index in [9.17, 15) is 8.42 Å². The molecule has 0 amide bonds. The summed E-state index contributed by atoms with van der Waals surface area (Å²) in [5.74, 6) is 1.73. The molecule has 5 heteroatoms. The highest BCUT2D eigenvalue weighted by atomic mass is 32.2. The molecule has 4 rings (SSSR count). The van der Waals surface area contributed by atoms with Gasteiger partial charge in [-0.25, -0.2) is 13.1 Å². The van der Waals surface area contributed by atoms with E-state index in [0.29, 0.717) is 16.6 Å². The highest BCUT2D eigenvalue weighted by Crippen LogP contribution is 2.45.